The number of non-ortho nitro benzene ring substituents is 1. The van der Waals surface area contributed by atoms with Crippen LogP contribution in [-0.2, 0) is 14.3 Å². The summed E-state index contributed by atoms with van der Waals surface area (Å²) in [6.45, 7) is 13.6. The van der Waals surface area contributed by atoms with Crippen molar-refractivity contribution in [1.82, 2.24) is 19.8 Å². The lowest BCUT2D eigenvalue weighted by Gasteiger charge is -2.34. The summed E-state index contributed by atoms with van der Waals surface area (Å²) in [5, 5.41) is 11.6. The van der Waals surface area contributed by atoms with Gasteiger partial charge in [0.25, 0.3) is 5.69 Å². The second-order valence-electron chi connectivity index (χ2n) is 14.3. The molecule has 1 aliphatic heterocycles. The third kappa shape index (κ3) is 8.94. The average molecular weight is 721 g/mol. The van der Waals surface area contributed by atoms with E-state index in [1.807, 2.05) is 58.6 Å². The number of nitro groups is 1. The number of carbonyl (C=O) groups excluding carboxylic acids is 3. The molecule has 14 heteroatoms. The van der Waals surface area contributed by atoms with Gasteiger partial charge in [-0.2, -0.15) is 0 Å². The van der Waals surface area contributed by atoms with Gasteiger partial charge < -0.3 is 24.2 Å². The zero-order chi connectivity index (χ0) is 37.0. The van der Waals surface area contributed by atoms with E-state index in [-0.39, 0.29) is 35.7 Å². The Morgan fingerprint density at radius 2 is 1.71 bits per heavy atom. The maximum absolute atomic E-state index is 14.4. The summed E-state index contributed by atoms with van der Waals surface area (Å²) in [7, 11) is 0. The van der Waals surface area contributed by atoms with E-state index in [1.165, 1.54) is 30.6 Å². The van der Waals surface area contributed by atoms with Crippen molar-refractivity contribution in [3.63, 3.8) is 0 Å². The molecule has 2 aliphatic rings. The molecule has 1 saturated heterocycles. The highest BCUT2D eigenvalue weighted by Gasteiger charge is 2.38. The van der Waals surface area contributed by atoms with E-state index < -0.39 is 34.6 Å². The first-order valence-electron chi connectivity index (χ1n) is 17.2. The number of hydrogen-bond acceptors (Lipinski definition) is 10. The van der Waals surface area contributed by atoms with Crippen molar-refractivity contribution < 1.29 is 28.8 Å². The first kappa shape index (κ1) is 37.5. The number of esters is 1. The van der Waals surface area contributed by atoms with Crippen LogP contribution in [0.5, 0.6) is 0 Å². The minimum atomic E-state index is -0.689. The minimum Gasteiger partial charge on any atom is -0.452 e. The first-order valence-corrected chi connectivity index (χ1v) is 17.6. The van der Waals surface area contributed by atoms with Gasteiger partial charge in [-0.3, -0.25) is 14.9 Å². The number of rotatable bonds is 9. The molecule has 0 bridgehead atoms. The number of halogens is 1. The van der Waals surface area contributed by atoms with Gasteiger partial charge in [0, 0.05) is 61.5 Å². The maximum atomic E-state index is 14.4. The Kier molecular flexibility index (Phi) is 11.5. The fraction of sp³-hybridized carbons (Fsp3) is 0.486. The van der Waals surface area contributed by atoms with Crippen LogP contribution in [0.25, 0.3) is 0 Å². The highest BCUT2D eigenvalue weighted by atomic mass is 35.5. The number of carbonyl (C=O) groups is 3. The third-order valence-corrected chi connectivity index (χ3v) is 9.38. The molecule has 13 nitrogen and oxygen atoms in total. The van der Waals surface area contributed by atoms with Gasteiger partial charge in [0.15, 0.2) is 0 Å². The van der Waals surface area contributed by atoms with Crippen LogP contribution in [-0.4, -0.2) is 87.0 Å². The van der Waals surface area contributed by atoms with Crippen LogP contribution in [0.15, 0.2) is 54.9 Å². The molecule has 2 aromatic carbocycles. The van der Waals surface area contributed by atoms with Gasteiger partial charge in [-0.25, -0.2) is 19.6 Å². The molecule has 0 N–H and O–H groups in total. The Bertz CT molecular complexity index is 1750. The number of anilines is 1. The standard InChI is InChI=1S/C37H45ClN6O7/c1-23(2)43(36(47)51-37(4,5)6)21-29(25-8-12-27(38)13-9-25)34(45)42-17-7-16-41(18-19-42)33-31-24(3)20-30(32(31)39-22-40-33)50-35(46)26-10-14-28(15-11-26)44(48)49/h8-15,22-24,29-30H,7,16-21H2,1-6H3/t24-,29-,30-/m1/s1. The van der Waals surface area contributed by atoms with E-state index >= 15 is 0 Å². The molecule has 5 rings (SSSR count). The number of ether oxygens (including phenoxy) is 2. The smallest absolute Gasteiger partial charge is 0.410 e. The monoisotopic (exact) mass is 720 g/mol. The van der Waals surface area contributed by atoms with Crippen molar-refractivity contribution in [2.45, 2.75) is 84.0 Å². The summed E-state index contributed by atoms with van der Waals surface area (Å²) >= 11 is 6.21. The Labute approximate surface area is 303 Å². The largest absolute Gasteiger partial charge is 0.452 e. The van der Waals surface area contributed by atoms with Crippen LogP contribution in [0, 0.1) is 10.1 Å². The molecular weight excluding hydrogens is 676 g/mol. The fourth-order valence-corrected chi connectivity index (χ4v) is 6.68. The van der Waals surface area contributed by atoms with Crippen LogP contribution in [0.1, 0.15) is 99.5 Å². The van der Waals surface area contributed by atoms with Gasteiger partial charge in [-0.1, -0.05) is 30.7 Å². The number of aromatic nitrogens is 2. The van der Waals surface area contributed by atoms with Crippen molar-refractivity contribution in [1.29, 1.82) is 0 Å². The Balaban J connectivity index is 1.33. The normalized spacial score (nSPS) is 18.1. The molecule has 0 radical (unpaired) electrons. The summed E-state index contributed by atoms with van der Waals surface area (Å²) in [4.78, 5) is 65.9. The van der Waals surface area contributed by atoms with Crippen molar-refractivity contribution in [3.8, 4) is 0 Å². The van der Waals surface area contributed by atoms with Crippen molar-refractivity contribution in [2.24, 2.45) is 0 Å². The molecule has 2 heterocycles. The number of fused-ring (bicyclic) bond motifs is 1. The first-order chi connectivity index (χ1) is 24.1. The molecule has 1 fully saturated rings. The van der Waals surface area contributed by atoms with Crippen LogP contribution < -0.4 is 4.90 Å². The number of hydrogen-bond donors (Lipinski definition) is 0. The van der Waals surface area contributed by atoms with E-state index in [0.717, 1.165) is 16.9 Å². The van der Waals surface area contributed by atoms with Gasteiger partial charge in [0.2, 0.25) is 5.91 Å². The van der Waals surface area contributed by atoms with Gasteiger partial charge in [-0.05, 0) is 83.2 Å². The fourth-order valence-electron chi connectivity index (χ4n) is 6.56. The second-order valence-corrected chi connectivity index (χ2v) is 14.8. The van der Waals surface area contributed by atoms with Gasteiger partial charge in [0.1, 0.15) is 23.9 Å². The number of nitro benzene ring substituents is 1. The third-order valence-electron chi connectivity index (χ3n) is 9.13. The molecule has 0 spiro atoms. The van der Waals surface area contributed by atoms with Crippen LogP contribution in [0.2, 0.25) is 5.02 Å². The molecule has 272 valence electrons. The lowest BCUT2D eigenvalue weighted by atomic mass is 9.96. The molecule has 1 aromatic heterocycles. The Morgan fingerprint density at radius 1 is 1.02 bits per heavy atom. The van der Waals surface area contributed by atoms with Crippen LogP contribution in [0.3, 0.4) is 0 Å². The van der Waals surface area contributed by atoms with Crippen LogP contribution in [0.4, 0.5) is 16.3 Å². The zero-order valence-electron chi connectivity index (χ0n) is 29.9. The predicted octanol–water partition coefficient (Wildman–Crippen LogP) is 6.91. The van der Waals surface area contributed by atoms with E-state index in [4.69, 9.17) is 21.1 Å². The van der Waals surface area contributed by atoms with Gasteiger partial charge in [0.05, 0.1) is 22.1 Å². The van der Waals surface area contributed by atoms with Crippen LogP contribution >= 0.6 is 11.6 Å². The zero-order valence-corrected chi connectivity index (χ0v) is 30.6. The molecule has 0 saturated carbocycles. The molecular formula is C37H45ClN6O7. The quantitative estimate of drug-likeness (QED) is 0.130. The van der Waals surface area contributed by atoms with E-state index in [9.17, 15) is 24.5 Å². The lowest BCUT2D eigenvalue weighted by Crippen LogP contribution is -2.47. The Morgan fingerprint density at radius 3 is 2.33 bits per heavy atom. The Hall–Kier alpha value is -4.78. The van der Waals surface area contributed by atoms with E-state index in [0.29, 0.717) is 49.7 Å². The highest BCUT2D eigenvalue weighted by molar-refractivity contribution is 6.30. The van der Waals surface area contributed by atoms with Gasteiger partial charge in [-0.15, -0.1) is 0 Å². The summed E-state index contributed by atoms with van der Waals surface area (Å²) in [5.41, 5.74) is 1.72. The number of benzene rings is 2. The lowest BCUT2D eigenvalue weighted by molar-refractivity contribution is -0.384. The molecule has 1 aliphatic carbocycles. The number of amides is 2. The van der Waals surface area contributed by atoms with E-state index in [2.05, 4.69) is 14.9 Å². The van der Waals surface area contributed by atoms with E-state index in [1.54, 1.807) is 17.0 Å². The topological polar surface area (TPSA) is 148 Å². The molecule has 2 amide bonds. The van der Waals surface area contributed by atoms with Crippen molar-refractivity contribution in [3.05, 3.63) is 92.4 Å². The van der Waals surface area contributed by atoms with Gasteiger partial charge >= 0.3 is 12.1 Å². The summed E-state index contributed by atoms with van der Waals surface area (Å²) in [6.07, 6.45) is 1.60. The SMILES string of the molecule is CC(C)N(C[C@@H](C(=O)N1CCCN(c2ncnc3c2[C@H](C)C[C@H]3OC(=O)c2ccc([N+](=O)[O-])cc2)CC1)c1ccc(Cl)cc1)C(=O)OC(C)(C)C. The molecule has 3 atom stereocenters. The molecule has 0 unspecified atom stereocenters. The minimum absolute atomic E-state index is 0.00370. The van der Waals surface area contributed by atoms with Crippen molar-refractivity contribution >= 4 is 41.1 Å². The second kappa shape index (κ2) is 15.6. The number of nitrogens with zero attached hydrogens (tertiary/aromatic N) is 6. The summed E-state index contributed by atoms with van der Waals surface area (Å²) in [5.74, 6) is -0.569. The average Bonchev–Trinajstić information content (AvgIpc) is 3.22. The van der Waals surface area contributed by atoms with Crippen molar-refractivity contribution in [2.75, 3.05) is 37.6 Å². The molecule has 3 aromatic rings. The predicted molar refractivity (Wildman–Crippen MR) is 192 cm³/mol. The highest BCUT2D eigenvalue weighted by Crippen LogP contribution is 2.45. The summed E-state index contributed by atoms with van der Waals surface area (Å²) < 4.78 is 11.6. The molecule has 51 heavy (non-hydrogen) atoms. The summed E-state index contributed by atoms with van der Waals surface area (Å²) in [6, 6.07) is 12.3. The maximum Gasteiger partial charge on any atom is 0.410 e.